The summed E-state index contributed by atoms with van der Waals surface area (Å²) >= 11 is 3.38. The van der Waals surface area contributed by atoms with E-state index in [2.05, 4.69) is 21.2 Å². The molecule has 1 aliphatic rings. The highest BCUT2D eigenvalue weighted by molar-refractivity contribution is 9.10. The van der Waals surface area contributed by atoms with Crippen molar-refractivity contribution in [1.29, 1.82) is 0 Å². The summed E-state index contributed by atoms with van der Waals surface area (Å²) < 4.78 is 29.5. The van der Waals surface area contributed by atoms with Gasteiger partial charge in [0, 0.05) is 17.1 Å². The fraction of sp³-hybridized carbons (Fsp3) is 0.538. The van der Waals surface area contributed by atoms with E-state index in [9.17, 15) is 8.42 Å². The van der Waals surface area contributed by atoms with Crippen LogP contribution < -0.4 is 10.1 Å². The van der Waals surface area contributed by atoms with E-state index in [4.69, 9.17) is 4.74 Å². The Hall–Kier alpha value is -0.590. The maximum atomic E-state index is 11.5. The van der Waals surface area contributed by atoms with Crippen molar-refractivity contribution in [1.82, 2.24) is 5.32 Å². The van der Waals surface area contributed by atoms with E-state index in [-0.39, 0.29) is 11.8 Å². The Morgan fingerprint density at radius 3 is 3.00 bits per heavy atom. The molecule has 1 unspecified atom stereocenters. The molecule has 106 valence electrons. The van der Waals surface area contributed by atoms with E-state index in [1.165, 1.54) is 0 Å². The summed E-state index contributed by atoms with van der Waals surface area (Å²) in [6, 6.07) is 7.74. The Bertz CT molecular complexity index is 518. The fourth-order valence-corrected chi connectivity index (χ4v) is 4.22. The van der Waals surface area contributed by atoms with Gasteiger partial charge in [-0.3, -0.25) is 0 Å². The second-order valence-corrected chi connectivity index (χ2v) is 7.86. The second kappa shape index (κ2) is 6.72. The zero-order valence-electron chi connectivity index (χ0n) is 10.6. The summed E-state index contributed by atoms with van der Waals surface area (Å²) in [5.74, 6) is 1.40. The Kier molecular flexibility index (Phi) is 5.24. The topological polar surface area (TPSA) is 55.4 Å². The van der Waals surface area contributed by atoms with Crippen LogP contribution in [0.25, 0.3) is 0 Å². The Morgan fingerprint density at radius 2 is 2.26 bits per heavy atom. The summed E-state index contributed by atoms with van der Waals surface area (Å²) in [5, 5.41) is 3.25. The normalized spacial score (nSPS) is 22.1. The van der Waals surface area contributed by atoms with E-state index in [1.807, 2.05) is 24.3 Å². The molecule has 1 aromatic carbocycles. The van der Waals surface area contributed by atoms with Crippen molar-refractivity contribution in [2.45, 2.75) is 18.9 Å². The van der Waals surface area contributed by atoms with Crippen molar-refractivity contribution in [3.8, 4) is 5.75 Å². The Labute approximate surface area is 122 Å². The van der Waals surface area contributed by atoms with E-state index in [1.54, 1.807) is 0 Å². The molecule has 0 spiro atoms. The summed E-state index contributed by atoms with van der Waals surface area (Å²) in [6.45, 7) is 1.19. The maximum Gasteiger partial charge on any atom is 0.151 e. The number of hydrogen-bond donors (Lipinski definition) is 1. The summed E-state index contributed by atoms with van der Waals surface area (Å²) in [7, 11) is -2.84. The number of halogens is 1. The standard InChI is InChI=1S/C13H18BrNO3S/c14-11-3-1-5-13(9-11)18-7-6-15-12-4-2-8-19(16,17)10-12/h1,3,5,9,12,15H,2,4,6-8,10H2. The first-order chi connectivity index (χ1) is 9.05. The molecular weight excluding hydrogens is 330 g/mol. The minimum absolute atomic E-state index is 0.0739. The van der Waals surface area contributed by atoms with Gasteiger partial charge < -0.3 is 10.1 Å². The molecule has 1 heterocycles. The highest BCUT2D eigenvalue weighted by atomic mass is 79.9. The van der Waals surface area contributed by atoms with E-state index in [0.29, 0.717) is 18.9 Å². The highest BCUT2D eigenvalue weighted by Gasteiger charge is 2.23. The third-order valence-electron chi connectivity index (χ3n) is 3.06. The van der Waals surface area contributed by atoms with Gasteiger partial charge in [-0.2, -0.15) is 0 Å². The molecule has 0 amide bonds. The molecule has 6 heteroatoms. The summed E-state index contributed by atoms with van der Waals surface area (Å²) in [4.78, 5) is 0. The molecule has 2 rings (SSSR count). The van der Waals surface area contributed by atoms with Crippen molar-refractivity contribution in [2.24, 2.45) is 0 Å². The molecule has 19 heavy (non-hydrogen) atoms. The van der Waals surface area contributed by atoms with E-state index in [0.717, 1.165) is 23.1 Å². The van der Waals surface area contributed by atoms with Gasteiger partial charge in [-0.1, -0.05) is 22.0 Å². The van der Waals surface area contributed by atoms with Crippen LogP contribution in [0.4, 0.5) is 0 Å². The predicted molar refractivity (Wildman–Crippen MR) is 79.3 cm³/mol. The van der Waals surface area contributed by atoms with Crippen LogP contribution in [0, 0.1) is 0 Å². The molecule has 1 atom stereocenters. The molecule has 0 aromatic heterocycles. The summed E-state index contributed by atoms with van der Waals surface area (Å²) in [6.07, 6.45) is 1.68. The first kappa shape index (κ1) is 14.8. The SMILES string of the molecule is O=S1(=O)CCCC(NCCOc2cccc(Br)c2)C1. The Morgan fingerprint density at radius 1 is 1.42 bits per heavy atom. The lowest BCUT2D eigenvalue weighted by Crippen LogP contribution is -2.41. The third kappa shape index (κ3) is 5.12. The van der Waals surface area contributed by atoms with Gasteiger partial charge in [-0.25, -0.2) is 8.42 Å². The van der Waals surface area contributed by atoms with Crippen molar-refractivity contribution in [3.05, 3.63) is 28.7 Å². The van der Waals surface area contributed by atoms with Gasteiger partial charge in [0.1, 0.15) is 12.4 Å². The maximum absolute atomic E-state index is 11.5. The van der Waals surface area contributed by atoms with E-state index < -0.39 is 9.84 Å². The van der Waals surface area contributed by atoms with Gasteiger partial charge in [0.05, 0.1) is 11.5 Å². The van der Waals surface area contributed by atoms with Crippen molar-refractivity contribution in [2.75, 3.05) is 24.7 Å². The largest absolute Gasteiger partial charge is 0.492 e. The van der Waals surface area contributed by atoms with Crippen LogP contribution in [0.3, 0.4) is 0 Å². The number of benzene rings is 1. The first-order valence-electron chi connectivity index (χ1n) is 6.37. The molecule has 4 nitrogen and oxygen atoms in total. The third-order valence-corrected chi connectivity index (χ3v) is 5.38. The molecule has 1 N–H and O–H groups in total. The van der Waals surface area contributed by atoms with Crippen LogP contribution >= 0.6 is 15.9 Å². The van der Waals surface area contributed by atoms with Crippen molar-refractivity contribution in [3.63, 3.8) is 0 Å². The number of nitrogens with one attached hydrogen (secondary N) is 1. The zero-order chi connectivity index (χ0) is 13.7. The molecule has 0 saturated carbocycles. The molecule has 1 fully saturated rings. The van der Waals surface area contributed by atoms with Crippen molar-refractivity contribution < 1.29 is 13.2 Å². The predicted octanol–water partition coefficient (Wildman–Crippen LogP) is 1.99. The lowest BCUT2D eigenvalue weighted by Gasteiger charge is -2.23. The summed E-state index contributed by atoms with van der Waals surface area (Å²) in [5.41, 5.74) is 0. The number of sulfone groups is 1. The molecule has 0 bridgehead atoms. The molecule has 1 saturated heterocycles. The van der Waals surface area contributed by atoms with Crippen molar-refractivity contribution >= 4 is 25.8 Å². The second-order valence-electron chi connectivity index (χ2n) is 4.71. The van der Waals surface area contributed by atoms with Gasteiger partial charge in [0.2, 0.25) is 0 Å². The van der Waals surface area contributed by atoms with Crippen LogP contribution in [-0.2, 0) is 9.84 Å². The van der Waals surface area contributed by atoms with E-state index >= 15 is 0 Å². The molecule has 1 aromatic rings. The van der Waals surface area contributed by atoms with Gasteiger partial charge >= 0.3 is 0 Å². The molecule has 0 radical (unpaired) electrons. The smallest absolute Gasteiger partial charge is 0.151 e. The van der Waals surface area contributed by atoms with Crippen LogP contribution in [-0.4, -0.2) is 39.1 Å². The van der Waals surface area contributed by atoms with Crippen LogP contribution in [0.1, 0.15) is 12.8 Å². The monoisotopic (exact) mass is 347 g/mol. The quantitative estimate of drug-likeness (QED) is 0.827. The molecular formula is C13H18BrNO3S. The minimum atomic E-state index is -2.84. The average Bonchev–Trinajstić information content (AvgIpc) is 2.34. The van der Waals surface area contributed by atoms with Crippen LogP contribution in [0.2, 0.25) is 0 Å². The fourth-order valence-electron chi connectivity index (χ4n) is 2.17. The van der Waals surface area contributed by atoms with Gasteiger partial charge in [-0.05, 0) is 31.0 Å². The number of rotatable bonds is 5. The zero-order valence-corrected chi connectivity index (χ0v) is 13.0. The van der Waals surface area contributed by atoms with Gasteiger partial charge in [-0.15, -0.1) is 0 Å². The molecule has 0 aliphatic carbocycles. The minimum Gasteiger partial charge on any atom is -0.492 e. The van der Waals surface area contributed by atoms with Crippen LogP contribution in [0.5, 0.6) is 5.75 Å². The lowest BCUT2D eigenvalue weighted by atomic mass is 10.2. The lowest BCUT2D eigenvalue weighted by molar-refractivity contribution is 0.304. The van der Waals surface area contributed by atoms with Gasteiger partial charge in [0.25, 0.3) is 0 Å². The number of ether oxygens (including phenoxy) is 1. The molecule has 1 aliphatic heterocycles. The van der Waals surface area contributed by atoms with Gasteiger partial charge in [0.15, 0.2) is 9.84 Å². The Balaban J connectivity index is 1.69. The highest BCUT2D eigenvalue weighted by Crippen LogP contribution is 2.17. The van der Waals surface area contributed by atoms with Crippen LogP contribution in [0.15, 0.2) is 28.7 Å². The first-order valence-corrected chi connectivity index (χ1v) is 8.99. The number of hydrogen-bond acceptors (Lipinski definition) is 4. The average molecular weight is 348 g/mol.